The zero-order valence-corrected chi connectivity index (χ0v) is 15.2. The Morgan fingerprint density at radius 3 is 2.48 bits per heavy atom. The van der Waals surface area contributed by atoms with Crippen LogP contribution in [0, 0.1) is 0 Å². The summed E-state index contributed by atoms with van der Waals surface area (Å²) in [6, 6.07) is 11.8. The van der Waals surface area contributed by atoms with Crippen LogP contribution in [-0.4, -0.2) is 30.3 Å². The van der Waals surface area contributed by atoms with Crippen LogP contribution in [-0.2, 0) is 4.79 Å². The highest BCUT2D eigenvalue weighted by Gasteiger charge is 2.17. The van der Waals surface area contributed by atoms with Gasteiger partial charge in [0.05, 0.1) is 22.2 Å². The van der Waals surface area contributed by atoms with Crippen LogP contribution in [0.15, 0.2) is 46.9 Å². The number of nitrogens with zero attached hydrogens (tertiary/aromatic N) is 1. The quantitative estimate of drug-likeness (QED) is 0.800. The fraction of sp³-hybridized carbons (Fsp3) is 0.125. The van der Waals surface area contributed by atoms with Crippen molar-refractivity contribution in [3.8, 4) is 0 Å². The second-order valence-corrected chi connectivity index (χ2v) is 6.49. The van der Waals surface area contributed by atoms with E-state index in [9.17, 15) is 9.59 Å². The molecule has 23 heavy (non-hydrogen) atoms. The first kappa shape index (κ1) is 17.8. The average molecular weight is 416 g/mol. The molecule has 0 aliphatic carbocycles. The van der Waals surface area contributed by atoms with Gasteiger partial charge < -0.3 is 10.2 Å². The molecule has 0 saturated heterocycles. The normalized spacial score (nSPS) is 10.3. The third-order valence-corrected chi connectivity index (χ3v) is 4.47. The molecule has 0 fully saturated rings. The van der Waals surface area contributed by atoms with Gasteiger partial charge in [0, 0.05) is 17.2 Å². The van der Waals surface area contributed by atoms with Crippen LogP contribution >= 0.6 is 39.1 Å². The van der Waals surface area contributed by atoms with Crippen molar-refractivity contribution in [2.75, 3.05) is 18.9 Å². The summed E-state index contributed by atoms with van der Waals surface area (Å²) in [6.07, 6.45) is 0. The van der Waals surface area contributed by atoms with Crippen molar-refractivity contribution in [1.82, 2.24) is 4.90 Å². The second-order valence-electron chi connectivity index (χ2n) is 4.82. The van der Waals surface area contributed by atoms with Gasteiger partial charge in [0.1, 0.15) is 0 Å². The summed E-state index contributed by atoms with van der Waals surface area (Å²) >= 11 is 15.0. The van der Waals surface area contributed by atoms with Gasteiger partial charge in [0.15, 0.2) is 0 Å². The fourth-order valence-electron chi connectivity index (χ4n) is 1.90. The molecule has 0 aliphatic heterocycles. The Morgan fingerprint density at radius 1 is 1.13 bits per heavy atom. The zero-order chi connectivity index (χ0) is 17.0. The van der Waals surface area contributed by atoms with E-state index in [4.69, 9.17) is 23.2 Å². The third kappa shape index (κ3) is 4.70. The van der Waals surface area contributed by atoms with E-state index < -0.39 is 0 Å². The molecule has 2 aromatic rings. The molecule has 0 aromatic heterocycles. The molecular formula is C16H13BrCl2N2O2. The number of carbonyl (C=O) groups excluding carboxylic acids is 2. The van der Waals surface area contributed by atoms with Gasteiger partial charge in [0.2, 0.25) is 5.91 Å². The van der Waals surface area contributed by atoms with Crippen LogP contribution in [0.4, 0.5) is 5.69 Å². The van der Waals surface area contributed by atoms with E-state index >= 15 is 0 Å². The summed E-state index contributed by atoms with van der Waals surface area (Å²) in [5.41, 5.74) is 1.02. The number of halogens is 3. The molecule has 120 valence electrons. The lowest BCUT2D eigenvalue weighted by Crippen LogP contribution is -2.35. The van der Waals surface area contributed by atoms with Crippen LogP contribution < -0.4 is 5.32 Å². The molecular weight excluding hydrogens is 403 g/mol. The minimum atomic E-state index is -0.328. The van der Waals surface area contributed by atoms with Gasteiger partial charge in [0.25, 0.3) is 5.91 Å². The van der Waals surface area contributed by atoms with E-state index in [0.717, 1.165) is 0 Å². The van der Waals surface area contributed by atoms with E-state index in [0.29, 0.717) is 25.8 Å². The number of hydrogen-bond acceptors (Lipinski definition) is 2. The summed E-state index contributed by atoms with van der Waals surface area (Å²) < 4.78 is 0.682. The maximum absolute atomic E-state index is 12.3. The number of hydrogen-bond donors (Lipinski definition) is 1. The highest BCUT2D eigenvalue weighted by Crippen LogP contribution is 2.25. The van der Waals surface area contributed by atoms with Crippen LogP contribution in [0.2, 0.25) is 10.0 Å². The van der Waals surface area contributed by atoms with E-state index in [1.54, 1.807) is 43.4 Å². The number of anilines is 1. The standard InChI is InChI=1S/C16H13BrCl2N2O2/c1-21(16(23)11-4-2-3-5-12(11)17)9-15(22)20-10-6-7-13(18)14(19)8-10/h2-8H,9H2,1H3,(H,20,22). The van der Waals surface area contributed by atoms with Crippen LogP contribution in [0.25, 0.3) is 0 Å². The molecule has 2 aromatic carbocycles. The van der Waals surface area contributed by atoms with Crippen molar-refractivity contribution in [1.29, 1.82) is 0 Å². The summed E-state index contributed by atoms with van der Waals surface area (Å²) in [6.45, 7) is -0.0829. The van der Waals surface area contributed by atoms with Gasteiger partial charge in [-0.2, -0.15) is 0 Å². The number of nitrogens with one attached hydrogen (secondary N) is 1. The SMILES string of the molecule is CN(CC(=O)Nc1ccc(Cl)c(Cl)c1)C(=O)c1ccccc1Br. The third-order valence-electron chi connectivity index (χ3n) is 3.04. The molecule has 0 bridgehead atoms. The van der Waals surface area contributed by atoms with Gasteiger partial charge in [-0.05, 0) is 46.3 Å². The van der Waals surface area contributed by atoms with Crippen LogP contribution in [0.3, 0.4) is 0 Å². The first-order valence-corrected chi connectivity index (χ1v) is 8.18. The lowest BCUT2D eigenvalue weighted by Gasteiger charge is -2.17. The molecule has 0 spiro atoms. The van der Waals surface area contributed by atoms with E-state index in [2.05, 4.69) is 21.2 Å². The lowest BCUT2D eigenvalue weighted by atomic mass is 10.2. The number of benzene rings is 2. The first-order valence-electron chi connectivity index (χ1n) is 6.63. The van der Waals surface area contributed by atoms with Crippen molar-refractivity contribution in [2.24, 2.45) is 0 Å². The molecule has 0 unspecified atom stereocenters. The molecule has 2 rings (SSSR count). The molecule has 0 aliphatic rings. The highest BCUT2D eigenvalue weighted by molar-refractivity contribution is 9.10. The number of amides is 2. The largest absolute Gasteiger partial charge is 0.332 e. The molecule has 0 atom stereocenters. The zero-order valence-electron chi connectivity index (χ0n) is 12.1. The minimum absolute atomic E-state index is 0.0829. The van der Waals surface area contributed by atoms with E-state index in [-0.39, 0.29) is 18.4 Å². The Hall–Kier alpha value is -1.56. The fourth-order valence-corrected chi connectivity index (χ4v) is 2.65. The van der Waals surface area contributed by atoms with Crippen molar-refractivity contribution < 1.29 is 9.59 Å². The highest BCUT2D eigenvalue weighted by atomic mass is 79.9. The Balaban J connectivity index is 2.00. The molecule has 0 heterocycles. The van der Waals surface area contributed by atoms with Gasteiger partial charge >= 0.3 is 0 Å². The maximum Gasteiger partial charge on any atom is 0.255 e. The van der Waals surface area contributed by atoms with E-state index in [1.807, 2.05) is 6.07 Å². The second kappa shape index (κ2) is 7.81. The first-order chi connectivity index (χ1) is 10.9. The smallest absolute Gasteiger partial charge is 0.255 e. The van der Waals surface area contributed by atoms with Crippen LogP contribution in [0.1, 0.15) is 10.4 Å². The monoisotopic (exact) mass is 414 g/mol. The topological polar surface area (TPSA) is 49.4 Å². The lowest BCUT2D eigenvalue weighted by molar-refractivity contribution is -0.116. The van der Waals surface area contributed by atoms with Gasteiger partial charge in [-0.15, -0.1) is 0 Å². The van der Waals surface area contributed by atoms with Gasteiger partial charge in [-0.25, -0.2) is 0 Å². The number of likely N-dealkylation sites (N-methyl/N-ethyl adjacent to an activating group) is 1. The van der Waals surface area contributed by atoms with Gasteiger partial charge in [-0.3, -0.25) is 9.59 Å². The van der Waals surface area contributed by atoms with Crippen LogP contribution in [0.5, 0.6) is 0 Å². The molecule has 7 heteroatoms. The van der Waals surface area contributed by atoms with Crippen molar-refractivity contribution in [2.45, 2.75) is 0 Å². The molecule has 0 saturated carbocycles. The van der Waals surface area contributed by atoms with Crippen molar-refractivity contribution in [3.63, 3.8) is 0 Å². The summed E-state index contributed by atoms with van der Waals surface area (Å²) in [7, 11) is 1.57. The van der Waals surface area contributed by atoms with Crippen molar-refractivity contribution >= 4 is 56.6 Å². The Morgan fingerprint density at radius 2 is 1.83 bits per heavy atom. The molecule has 4 nitrogen and oxygen atoms in total. The molecule has 0 radical (unpaired) electrons. The average Bonchev–Trinajstić information content (AvgIpc) is 2.50. The summed E-state index contributed by atoms with van der Waals surface area (Å²) in [4.78, 5) is 25.7. The number of carbonyl (C=O) groups is 2. The predicted octanol–water partition coefficient (Wildman–Crippen LogP) is 4.47. The predicted molar refractivity (Wildman–Crippen MR) is 96.2 cm³/mol. The number of rotatable bonds is 4. The maximum atomic E-state index is 12.3. The summed E-state index contributed by atoms with van der Waals surface area (Å²) in [5, 5.41) is 3.43. The molecule has 1 N–H and O–H groups in total. The van der Waals surface area contributed by atoms with Crippen molar-refractivity contribution in [3.05, 3.63) is 62.5 Å². The Labute approximate surface area is 152 Å². The van der Waals surface area contributed by atoms with E-state index in [1.165, 1.54) is 4.90 Å². The minimum Gasteiger partial charge on any atom is -0.332 e. The molecule has 2 amide bonds. The summed E-state index contributed by atoms with van der Waals surface area (Å²) in [5.74, 6) is -0.576. The Kier molecular flexibility index (Phi) is 6.04. The van der Waals surface area contributed by atoms with Gasteiger partial charge in [-0.1, -0.05) is 35.3 Å². The Bertz CT molecular complexity index is 753.